The summed E-state index contributed by atoms with van der Waals surface area (Å²) >= 11 is 0. The number of pyridine rings is 2. The smallest absolute Gasteiger partial charge is 0.337 e. The summed E-state index contributed by atoms with van der Waals surface area (Å²) in [6, 6.07) is 6.74. The Balaban J connectivity index is 1.62. The van der Waals surface area contributed by atoms with Crippen molar-refractivity contribution >= 4 is 17.7 Å². The average molecular weight is 312 g/mol. The Kier molecular flexibility index (Phi) is 4.18. The summed E-state index contributed by atoms with van der Waals surface area (Å²) in [5.41, 5.74) is 0.754. The molecule has 3 rings (SSSR count). The van der Waals surface area contributed by atoms with E-state index in [1.807, 2.05) is 4.90 Å². The number of aromatic nitrogens is 2. The zero-order chi connectivity index (χ0) is 16.2. The van der Waals surface area contributed by atoms with Crippen molar-refractivity contribution in [3.05, 3.63) is 54.0 Å². The van der Waals surface area contributed by atoms with Crippen molar-refractivity contribution in [1.29, 1.82) is 0 Å². The van der Waals surface area contributed by atoms with Gasteiger partial charge in [-0.1, -0.05) is 0 Å². The highest BCUT2D eigenvalue weighted by atomic mass is 16.4. The molecule has 118 valence electrons. The Morgan fingerprint density at radius 1 is 1.00 bits per heavy atom. The summed E-state index contributed by atoms with van der Waals surface area (Å²) < 4.78 is 0. The molecule has 23 heavy (non-hydrogen) atoms. The summed E-state index contributed by atoms with van der Waals surface area (Å²) in [4.78, 5) is 35.2. The summed E-state index contributed by atoms with van der Waals surface area (Å²) in [7, 11) is 0. The van der Waals surface area contributed by atoms with E-state index in [0.717, 1.165) is 5.82 Å². The molecule has 0 saturated carbocycles. The first kappa shape index (κ1) is 15.0. The number of aromatic carboxylic acids is 1. The fraction of sp³-hybridized carbons (Fsp3) is 0.250. The van der Waals surface area contributed by atoms with Gasteiger partial charge in [-0.25, -0.2) is 9.78 Å². The van der Waals surface area contributed by atoms with Crippen LogP contribution in [-0.4, -0.2) is 58.0 Å². The van der Waals surface area contributed by atoms with Crippen LogP contribution in [0.3, 0.4) is 0 Å². The van der Waals surface area contributed by atoms with Gasteiger partial charge in [0.05, 0.1) is 11.1 Å². The Morgan fingerprint density at radius 2 is 1.78 bits per heavy atom. The normalized spacial score (nSPS) is 14.6. The standard InChI is InChI=1S/C16H16N4O3/c21-15(12-2-1-5-17-10-12)20-8-6-19(7-9-20)14-4-3-13(11-18-14)16(22)23/h1-5,10-11H,6-9H2,(H,22,23). The number of anilines is 1. The van der Waals surface area contributed by atoms with Crippen molar-refractivity contribution in [3.63, 3.8) is 0 Å². The van der Waals surface area contributed by atoms with E-state index in [1.54, 1.807) is 35.5 Å². The largest absolute Gasteiger partial charge is 0.478 e. The van der Waals surface area contributed by atoms with Gasteiger partial charge in [-0.15, -0.1) is 0 Å². The van der Waals surface area contributed by atoms with Gasteiger partial charge in [0.1, 0.15) is 5.82 Å². The molecule has 3 heterocycles. The first-order valence-electron chi connectivity index (χ1n) is 7.29. The summed E-state index contributed by atoms with van der Waals surface area (Å²) in [5, 5.41) is 8.89. The summed E-state index contributed by atoms with van der Waals surface area (Å²) in [6.45, 7) is 2.50. The lowest BCUT2D eigenvalue weighted by atomic mass is 10.2. The second-order valence-corrected chi connectivity index (χ2v) is 5.23. The molecule has 0 radical (unpaired) electrons. The fourth-order valence-electron chi connectivity index (χ4n) is 2.51. The molecular formula is C16H16N4O3. The molecule has 2 aromatic rings. The number of hydrogen-bond donors (Lipinski definition) is 1. The van der Waals surface area contributed by atoms with Gasteiger partial charge < -0.3 is 14.9 Å². The van der Waals surface area contributed by atoms with Crippen LogP contribution in [0.25, 0.3) is 0 Å². The molecule has 2 aromatic heterocycles. The zero-order valence-electron chi connectivity index (χ0n) is 12.4. The average Bonchev–Trinajstić information content (AvgIpc) is 2.62. The molecule has 1 aliphatic rings. The van der Waals surface area contributed by atoms with E-state index in [1.165, 1.54) is 12.3 Å². The van der Waals surface area contributed by atoms with E-state index in [0.29, 0.717) is 31.7 Å². The van der Waals surface area contributed by atoms with Gasteiger partial charge in [-0.05, 0) is 24.3 Å². The number of amides is 1. The predicted octanol–water partition coefficient (Wildman–Crippen LogP) is 1.14. The highest BCUT2D eigenvalue weighted by Crippen LogP contribution is 2.15. The van der Waals surface area contributed by atoms with Crippen molar-refractivity contribution in [2.24, 2.45) is 0 Å². The number of piperazine rings is 1. The monoisotopic (exact) mass is 312 g/mol. The fourth-order valence-corrected chi connectivity index (χ4v) is 2.51. The van der Waals surface area contributed by atoms with Crippen LogP contribution in [-0.2, 0) is 0 Å². The molecule has 1 aliphatic heterocycles. The summed E-state index contributed by atoms with van der Waals surface area (Å²) in [6.07, 6.45) is 4.56. The van der Waals surface area contributed by atoms with Gasteiger partial charge in [-0.2, -0.15) is 0 Å². The third kappa shape index (κ3) is 3.28. The highest BCUT2D eigenvalue weighted by Gasteiger charge is 2.23. The van der Waals surface area contributed by atoms with Gasteiger partial charge >= 0.3 is 5.97 Å². The van der Waals surface area contributed by atoms with Crippen molar-refractivity contribution in [1.82, 2.24) is 14.9 Å². The zero-order valence-corrected chi connectivity index (χ0v) is 12.4. The number of nitrogens with zero attached hydrogens (tertiary/aromatic N) is 4. The molecule has 1 saturated heterocycles. The minimum Gasteiger partial charge on any atom is -0.478 e. The molecule has 7 nitrogen and oxygen atoms in total. The SMILES string of the molecule is O=C(O)c1ccc(N2CCN(C(=O)c3cccnc3)CC2)nc1. The number of rotatable bonds is 3. The molecule has 0 bridgehead atoms. The van der Waals surface area contributed by atoms with Crippen LogP contribution < -0.4 is 4.90 Å². The predicted molar refractivity (Wildman–Crippen MR) is 83.5 cm³/mol. The second-order valence-electron chi connectivity index (χ2n) is 5.23. The Morgan fingerprint density at radius 3 is 2.35 bits per heavy atom. The Hall–Kier alpha value is -2.96. The van der Waals surface area contributed by atoms with Gasteiger partial charge in [0.2, 0.25) is 0 Å². The van der Waals surface area contributed by atoms with Crippen LogP contribution in [0.15, 0.2) is 42.9 Å². The van der Waals surface area contributed by atoms with Crippen LogP contribution in [0.2, 0.25) is 0 Å². The number of carboxylic acids is 1. The van der Waals surface area contributed by atoms with E-state index in [-0.39, 0.29) is 11.5 Å². The third-order valence-electron chi connectivity index (χ3n) is 3.79. The maximum Gasteiger partial charge on any atom is 0.337 e. The lowest BCUT2D eigenvalue weighted by Crippen LogP contribution is -2.49. The van der Waals surface area contributed by atoms with Gasteiger partial charge in [0.25, 0.3) is 5.91 Å². The van der Waals surface area contributed by atoms with Crippen molar-refractivity contribution < 1.29 is 14.7 Å². The number of carbonyl (C=O) groups excluding carboxylic acids is 1. The van der Waals surface area contributed by atoms with E-state index < -0.39 is 5.97 Å². The first-order chi connectivity index (χ1) is 11.1. The van der Waals surface area contributed by atoms with Crippen molar-refractivity contribution in [3.8, 4) is 0 Å². The molecule has 7 heteroatoms. The molecule has 1 N–H and O–H groups in total. The minimum absolute atomic E-state index is 0.0214. The third-order valence-corrected chi connectivity index (χ3v) is 3.79. The highest BCUT2D eigenvalue weighted by molar-refractivity contribution is 5.94. The molecule has 0 spiro atoms. The number of carbonyl (C=O) groups is 2. The van der Waals surface area contributed by atoms with Crippen molar-refractivity contribution in [2.45, 2.75) is 0 Å². The Bertz CT molecular complexity index is 695. The van der Waals surface area contributed by atoms with Crippen LogP contribution in [0.5, 0.6) is 0 Å². The van der Waals surface area contributed by atoms with Gasteiger partial charge in [-0.3, -0.25) is 9.78 Å². The minimum atomic E-state index is -0.990. The molecular weight excluding hydrogens is 296 g/mol. The molecule has 0 unspecified atom stereocenters. The van der Waals surface area contributed by atoms with Crippen molar-refractivity contribution in [2.75, 3.05) is 31.1 Å². The van der Waals surface area contributed by atoms with E-state index in [9.17, 15) is 9.59 Å². The molecule has 1 amide bonds. The van der Waals surface area contributed by atoms with E-state index >= 15 is 0 Å². The Labute approximate surface area is 133 Å². The van der Waals surface area contributed by atoms with Crippen LogP contribution in [0.4, 0.5) is 5.82 Å². The lowest BCUT2D eigenvalue weighted by molar-refractivity contribution is 0.0694. The molecule has 0 atom stereocenters. The van der Waals surface area contributed by atoms with E-state index in [4.69, 9.17) is 5.11 Å². The molecule has 1 fully saturated rings. The van der Waals surface area contributed by atoms with Crippen LogP contribution in [0, 0.1) is 0 Å². The van der Waals surface area contributed by atoms with Gasteiger partial charge in [0.15, 0.2) is 0 Å². The first-order valence-corrected chi connectivity index (χ1v) is 7.29. The summed E-state index contributed by atoms with van der Waals surface area (Å²) in [5.74, 6) is -0.286. The maximum atomic E-state index is 12.3. The number of carboxylic acid groups (broad SMARTS) is 1. The van der Waals surface area contributed by atoms with E-state index in [2.05, 4.69) is 9.97 Å². The lowest BCUT2D eigenvalue weighted by Gasteiger charge is -2.35. The second kappa shape index (κ2) is 6.43. The molecule has 0 aromatic carbocycles. The maximum absolute atomic E-state index is 12.3. The topological polar surface area (TPSA) is 86.6 Å². The number of hydrogen-bond acceptors (Lipinski definition) is 5. The van der Waals surface area contributed by atoms with Gasteiger partial charge in [0, 0.05) is 44.8 Å². The molecule has 0 aliphatic carbocycles. The quantitative estimate of drug-likeness (QED) is 0.914. The van der Waals surface area contributed by atoms with Crippen LogP contribution in [0.1, 0.15) is 20.7 Å². The van der Waals surface area contributed by atoms with Crippen LogP contribution >= 0.6 is 0 Å².